The van der Waals surface area contributed by atoms with Gasteiger partial charge < -0.3 is 24.7 Å². The Bertz CT molecular complexity index is 1380. The molecule has 37 heavy (non-hydrogen) atoms. The predicted octanol–water partition coefficient (Wildman–Crippen LogP) is 3.55. The highest BCUT2D eigenvalue weighted by Crippen LogP contribution is 2.35. The maximum atomic E-state index is 13.4. The minimum absolute atomic E-state index is 0.0184. The smallest absolute Gasteiger partial charge is 0.319 e. The Morgan fingerprint density at radius 2 is 1.89 bits per heavy atom. The van der Waals surface area contributed by atoms with Crippen LogP contribution in [0.2, 0.25) is 0 Å². The molecule has 0 saturated carbocycles. The molecule has 10 heteroatoms. The normalized spacial score (nSPS) is 14.2. The molecule has 2 aromatic carbocycles. The predicted molar refractivity (Wildman–Crippen MR) is 137 cm³/mol. The molecule has 3 N–H and O–H groups in total. The molecule has 1 atom stereocenters. The van der Waals surface area contributed by atoms with Crippen molar-refractivity contribution < 1.29 is 28.3 Å². The number of carbonyl (C=O) groups excluding carboxylic acids is 4. The summed E-state index contributed by atoms with van der Waals surface area (Å²) in [6, 6.07) is 11.8. The number of methoxy groups -OCH3 is 1. The van der Waals surface area contributed by atoms with Crippen LogP contribution in [0.4, 0.5) is 10.5 Å². The van der Waals surface area contributed by atoms with E-state index in [-0.39, 0.29) is 24.9 Å². The van der Waals surface area contributed by atoms with Gasteiger partial charge in [-0.1, -0.05) is 13.0 Å². The van der Waals surface area contributed by atoms with E-state index in [4.69, 9.17) is 9.15 Å². The zero-order chi connectivity index (χ0) is 26.7. The van der Waals surface area contributed by atoms with Crippen LogP contribution in [0.15, 0.2) is 46.9 Å². The lowest BCUT2D eigenvalue weighted by molar-refractivity contribution is -0.134. The number of carbonyl (C=O) groups is 4. The number of hydrogen-bond acceptors (Lipinski definition) is 6. The Labute approximate surface area is 214 Å². The summed E-state index contributed by atoms with van der Waals surface area (Å²) in [6.45, 7) is 5.89. The van der Waals surface area contributed by atoms with E-state index in [1.807, 2.05) is 13.0 Å². The van der Waals surface area contributed by atoms with Gasteiger partial charge in [0, 0.05) is 42.7 Å². The lowest BCUT2D eigenvalue weighted by atomic mass is 9.85. The first-order chi connectivity index (χ1) is 17.7. The molecule has 1 aromatic heterocycles. The lowest BCUT2D eigenvalue weighted by Gasteiger charge is -2.30. The fourth-order valence-electron chi connectivity index (χ4n) is 4.32. The molecule has 5 amide bonds. The van der Waals surface area contributed by atoms with Crippen LogP contribution in [0.25, 0.3) is 11.0 Å². The summed E-state index contributed by atoms with van der Waals surface area (Å²) in [6.07, 6.45) is 0.130. The SMILES string of the molecule is CCNC(=O)Nc1ccc2oc(C(C)(CN3Cc4ccc(OC)cc4C3=O)C(=O)NC(=O)CC)cc2c1. The van der Waals surface area contributed by atoms with E-state index in [9.17, 15) is 19.2 Å². The summed E-state index contributed by atoms with van der Waals surface area (Å²) in [4.78, 5) is 52.3. The molecule has 3 aromatic rings. The number of benzene rings is 2. The van der Waals surface area contributed by atoms with Gasteiger partial charge in [-0.05, 0) is 55.8 Å². The van der Waals surface area contributed by atoms with Crippen molar-refractivity contribution in [2.75, 3.05) is 25.5 Å². The largest absolute Gasteiger partial charge is 0.497 e. The molecule has 2 heterocycles. The average Bonchev–Trinajstić information content (AvgIpc) is 3.44. The number of hydrogen-bond donors (Lipinski definition) is 3. The van der Waals surface area contributed by atoms with Gasteiger partial charge in [-0.15, -0.1) is 0 Å². The summed E-state index contributed by atoms with van der Waals surface area (Å²) in [7, 11) is 1.53. The van der Waals surface area contributed by atoms with Crippen molar-refractivity contribution in [3.05, 3.63) is 59.4 Å². The van der Waals surface area contributed by atoms with Crippen LogP contribution in [0.3, 0.4) is 0 Å². The van der Waals surface area contributed by atoms with E-state index in [1.54, 1.807) is 55.1 Å². The zero-order valence-corrected chi connectivity index (χ0v) is 21.3. The third-order valence-electron chi connectivity index (χ3n) is 6.43. The monoisotopic (exact) mass is 506 g/mol. The second kappa shape index (κ2) is 10.3. The molecule has 1 aliphatic rings. The quantitative estimate of drug-likeness (QED) is 0.428. The van der Waals surface area contributed by atoms with Crippen molar-refractivity contribution in [1.82, 2.24) is 15.5 Å². The number of imide groups is 1. The number of fused-ring (bicyclic) bond motifs is 2. The summed E-state index contributed by atoms with van der Waals surface area (Å²) in [5, 5.41) is 8.50. The Kier molecular flexibility index (Phi) is 7.19. The first-order valence-corrected chi connectivity index (χ1v) is 12.1. The molecule has 194 valence electrons. The van der Waals surface area contributed by atoms with E-state index in [0.717, 1.165) is 5.56 Å². The maximum Gasteiger partial charge on any atom is 0.319 e. The summed E-state index contributed by atoms with van der Waals surface area (Å²) in [5.41, 5.74) is 1.01. The van der Waals surface area contributed by atoms with E-state index in [1.165, 1.54) is 7.11 Å². The minimum Gasteiger partial charge on any atom is -0.497 e. The summed E-state index contributed by atoms with van der Waals surface area (Å²) < 4.78 is 11.3. The van der Waals surface area contributed by atoms with Gasteiger partial charge in [0.1, 0.15) is 22.5 Å². The van der Waals surface area contributed by atoms with Gasteiger partial charge in [0.05, 0.1) is 7.11 Å². The third kappa shape index (κ3) is 5.13. The van der Waals surface area contributed by atoms with E-state index >= 15 is 0 Å². The van der Waals surface area contributed by atoms with Crippen molar-refractivity contribution in [3.8, 4) is 5.75 Å². The molecule has 10 nitrogen and oxygen atoms in total. The Morgan fingerprint density at radius 1 is 1.11 bits per heavy atom. The highest BCUT2D eigenvalue weighted by atomic mass is 16.5. The third-order valence-corrected chi connectivity index (χ3v) is 6.43. The number of amides is 5. The van der Waals surface area contributed by atoms with Crippen molar-refractivity contribution in [3.63, 3.8) is 0 Å². The highest BCUT2D eigenvalue weighted by Gasteiger charge is 2.44. The molecular formula is C27H30N4O6. The van der Waals surface area contributed by atoms with Gasteiger partial charge in [0.2, 0.25) is 11.8 Å². The molecule has 1 unspecified atom stereocenters. The van der Waals surface area contributed by atoms with Gasteiger partial charge in [-0.25, -0.2) is 4.79 Å². The molecule has 0 saturated heterocycles. The summed E-state index contributed by atoms with van der Waals surface area (Å²) >= 11 is 0. The maximum absolute atomic E-state index is 13.4. The highest BCUT2D eigenvalue weighted by molar-refractivity contribution is 6.03. The Hall–Kier alpha value is -4.34. The van der Waals surface area contributed by atoms with Crippen molar-refractivity contribution in [2.24, 2.45) is 0 Å². The lowest BCUT2D eigenvalue weighted by Crippen LogP contribution is -2.51. The van der Waals surface area contributed by atoms with E-state index in [0.29, 0.717) is 46.8 Å². The number of anilines is 1. The Morgan fingerprint density at radius 3 is 2.59 bits per heavy atom. The van der Waals surface area contributed by atoms with Gasteiger partial charge >= 0.3 is 6.03 Å². The average molecular weight is 507 g/mol. The van der Waals surface area contributed by atoms with E-state index in [2.05, 4.69) is 16.0 Å². The standard InChI is InChI=1S/C27H30N4O6/c1-5-23(32)30-25(34)27(3,15-31-14-16-7-9-19(36-4)13-20(16)24(31)33)22-12-17-11-18(8-10-21(17)37-22)29-26(35)28-6-2/h7-13H,5-6,14-15H2,1-4H3,(H2,28,29,35)(H,30,32,34). The second-order valence-corrected chi connectivity index (χ2v) is 9.09. The molecule has 4 rings (SSSR count). The van der Waals surface area contributed by atoms with Crippen LogP contribution >= 0.6 is 0 Å². The van der Waals surface area contributed by atoms with Crippen LogP contribution < -0.4 is 20.7 Å². The van der Waals surface area contributed by atoms with Crippen molar-refractivity contribution in [2.45, 2.75) is 39.2 Å². The molecule has 0 bridgehead atoms. The number of rotatable bonds is 8. The number of furan rings is 1. The molecule has 0 radical (unpaired) electrons. The zero-order valence-electron chi connectivity index (χ0n) is 21.3. The first-order valence-electron chi connectivity index (χ1n) is 12.1. The molecule has 0 aliphatic carbocycles. The molecular weight excluding hydrogens is 476 g/mol. The molecule has 1 aliphatic heterocycles. The van der Waals surface area contributed by atoms with Crippen LogP contribution in [0, 0.1) is 0 Å². The first kappa shape index (κ1) is 25.7. The van der Waals surface area contributed by atoms with Crippen molar-refractivity contribution >= 4 is 40.4 Å². The van der Waals surface area contributed by atoms with Crippen molar-refractivity contribution in [1.29, 1.82) is 0 Å². The van der Waals surface area contributed by atoms with E-state index < -0.39 is 17.2 Å². The fourth-order valence-corrected chi connectivity index (χ4v) is 4.32. The van der Waals surface area contributed by atoms with Gasteiger partial charge in [-0.3, -0.25) is 19.7 Å². The van der Waals surface area contributed by atoms with Crippen LogP contribution in [-0.2, 0) is 21.5 Å². The fraction of sp³-hybridized carbons (Fsp3) is 0.333. The molecule has 0 fully saturated rings. The van der Waals surface area contributed by atoms with Crippen LogP contribution in [-0.4, -0.2) is 48.9 Å². The molecule has 0 spiro atoms. The number of nitrogens with zero attached hydrogens (tertiary/aromatic N) is 1. The van der Waals surface area contributed by atoms with Crippen LogP contribution in [0.1, 0.15) is 48.9 Å². The Balaban J connectivity index is 1.68. The van der Waals surface area contributed by atoms with Gasteiger partial charge in [0.15, 0.2) is 0 Å². The minimum atomic E-state index is -1.38. The number of ether oxygens (including phenoxy) is 1. The van der Waals surface area contributed by atoms with Gasteiger partial charge in [0.25, 0.3) is 5.91 Å². The second-order valence-electron chi connectivity index (χ2n) is 9.09. The van der Waals surface area contributed by atoms with Crippen LogP contribution in [0.5, 0.6) is 5.75 Å². The number of nitrogens with one attached hydrogen (secondary N) is 3. The van der Waals surface area contributed by atoms with Gasteiger partial charge in [-0.2, -0.15) is 0 Å². The topological polar surface area (TPSA) is 130 Å². The number of urea groups is 1. The summed E-state index contributed by atoms with van der Waals surface area (Å²) in [5.74, 6) is -0.376.